The van der Waals surface area contributed by atoms with Crippen LogP contribution in [0.3, 0.4) is 0 Å². The number of esters is 2. The van der Waals surface area contributed by atoms with Gasteiger partial charge in [-0.1, -0.05) is 169 Å². The number of unbranched alkanes of at least 4 members (excludes halogenated alkanes) is 12. The monoisotopic (exact) mass is 860 g/mol. The van der Waals surface area contributed by atoms with Gasteiger partial charge in [-0.05, 0) is 77.0 Å². The lowest BCUT2D eigenvalue weighted by Crippen LogP contribution is -2.29. The van der Waals surface area contributed by atoms with Crippen LogP contribution in [0.2, 0.25) is 0 Å². The average molecular weight is 860 g/mol. The van der Waals surface area contributed by atoms with Gasteiger partial charge in [-0.15, -0.1) is 0 Å². The molecule has 60 heavy (non-hydrogen) atoms. The van der Waals surface area contributed by atoms with Gasteiger partial charge in [-0.2, -0.15) is 0 Å². The van der Waals surface area contributed by atoms with Crippen molar-refractivity contribution in [2.24, 2.45) is 5.73 Å². The first-order chi connectivity index (χ1) is 29.2. The number of carbonyl (C=O) groups excluding carboxylic acids is 2. The lowest BCUT2D eigenvalue weighted by Gasteiger charge is -2.20. The predicted molar refractivity (Wildman–Crippen MR) is 248 cm³/mol. The molecule has 342 valence electrons. The van der Waals surface area contributed by atoms with Gasteiger partial charge in [0.15, 0.2) is 6.10 Å². The van der Waals surface area contributed by atoms with E-state index in [1.807, 2.05) is 12.2 Å². The minimum absolute atomic E-state index is 0.0167. The lowest BCUT2D eigenvalue weighted by molar-refractivity contribution is -0.161. The van der Waals surface area contributed by atoms with E-state index in [1.165, 1.54) is 57.8 Å². The molecule has 0 aromatic carbocycles. The van der Waals surface area contributed by atoms with E-state index in [-0.39, 0.29) is 39.0 Å². The maximum absolute atomic E-state index is 12.6. The van der Waals surface area contributed by atoms with Crippen molar-refractivity contribution in [1.29, 1.82) is 0 Å². The molecule has 0 amide bonds. The molecular formula is C49H82NO9P. The summed E-state index contributed by atoms with van der Waals surface area (Å²) in [5, 5.41) is 10.3. The topological polar surface area (TPSA) is 155 Å². The first kappa shape index (κ1) is 56.9. The van der Waals surface area contributed by atoms with Crippen molar-refractivity contribution in [2.75, 3.05) is 26.4 Å². The average Bonchev–Trinajstić information content (AvgIpc) is 3.23. The van der Waals surface area contributed by atoms with Crippen LogP contribution in [0.1, 0.15) is 162 Å². The number of allylic oxidation sites excluding steroid dienone is 15. The second kappa shape index (κ2) is 44.0. The fraction of sp³-hybridized carbons (Fsp3) is 0.633. The number of ether oxygens (including phenoxy) is 2. The molecule has 0 saturated carbocycles. The van der Waals surface area contributed by atoms with E-state index in [9.17, 15) is 24.2 Å². The first-order valence-electron chi connectivity index (χ1n) is 22.8. The second-order valence-corrected chi connectivity index (χ2v) is 16.2. The van der Waals surface area contributed by atoms with Crippen molar-refractivity contribution in [3.8, 4) is 0 Å². The third-order valence-electron chi connectivity index (χ3n) is 9.07. The zero-order valence-electron chi connectivity index (χ0n) is 37.3. The maximum Gasteiger partial charge on any atom is 0.472 e. The Bertz CT molecular complexity index is 1320. The molecule has 0 spiro atoms. The van der Waals surface area contributed by atoms with Crippen LogP contribution >= 0.6 is 7.82 Å². The Morgan fingerprint density at radius 3 is 1.68 bits per heavy atom. The van der Waals surface area contributed by atoms with Crippen molar-refractivity contribution < 1.29 is 42.7 Å². The molecule has 0 aliphatic carbocycles. The summed E-state index contributed by atoms with van der Waals surface area (Å²) in [7, 11) is -4.44. The molecule has 0 rings (SSSR count). The number of hydrogen-bond donors (Lipinski definition) is 3. The third-order valence-corrected chi connectivity index (χ3v) is 10.1. The van der Waals surface area contributed by atoms with Gasteiger partial charge < -0.3 is 25.2 Å². The number of aliphatic hydroxyl groups excluding tert-OH is 1. The molecule has 0 aromatic heterocycles. The van der Waals surface area contributed by atoms with Crippen LogP contribution in [0.4, 0.5) is 0 Å². The maximum atomic E-state index is 12.6. The molecule has 0 aliphatic heterocycles. The molecule has 3 atom stereocenters. The second-order valence-electron chi connectivity index (χ2n) is 14.7. The summed E-state index contributed by atoms with van der Waals surface area (Å²) in [6.07, 6.45) is 53.4. The molecular weight excluding hydrogens is 778 g/mol. The fourth-order valence-corrected chi connectivity index (χ4v) is 6.42. The van der Waals surface area contributed by atoms with Crippen LogP contribution in [0.5, 0.6) is 0 Å². The van der Waals surface area contributed by atoms with Crippen LogP contribution in [-0.4, -0.2) is 60.5 Å². The summed E-state index contributed by atoms with van der Waals surface area (Å²) in [5.74, 6) is -1.12. The Morgan fingerprint density at radius 1 is 0.600 bits per heavy atom. The predicted octanol–water partition coefficient (Wildman–Crippen LogP) is 12.4. The first-order valence-corrected chi connectivity index (χ1v) is 24.3. The fourth-order valence-electron chi connectivity index (χ4n) is 5.66. The summed E-state index contributed by atoms with van der Waals surface area (Å²) in [4.78, 5) is 35.0. The molecule has 0 heterocycles. The highest BCUT2D eigenvalue weighted by Crippen LogP contribution is 2.43. The van der Waals surface area contributed by atoms with Crippen molar-refractivity contribution in [2.45, 2.75) is 174 Å². The Kier molecular flexibility index (Phi) is 41.7. The van der Waals surface area contributed by atoms with Crippen LogP contribution in [0, 0.1) is 0 Å². The molecule has 0 saturated heterocycles. The zero-order valence-corrected chi connectivity index (χ0v) is 38.2. The van der Waals surface area contributed by atoms with Gasteiger partial charge in [0.05, 0.1) is 19.3 Å². The highest BCUT2D eigenvalue weighted by Gasteiger charge is 2.26. The van der Waals surface area contributed by atoms with E-state index < -0.39 is 38.6 Å². The van der Waals surface area contributed by atoms with Crippen molar-refractivity contribution in [1.82, 2.24) is 0 Å². The van der Waals surface area contributed by atoms with E-state index in [0.717, 1.165) is 64.2 Å². The van der Waals surface area contributed by atoms with Crippen molar-refractivity contribution >= 4 is 19.8 Å². The van der Waals surface area contributed by atoms with Crippen LogP contribution in [-0.2, 0) is 32.7 Å². The largest absolute Gasteiger partial charge is 0.472 e. The summed E-state index contributed by atoms with van der Waals surface area (Å²) in [6, 6.07) is 0. The van der Waals surface area contributed by atoms with Crippen LogP contribution in [0.25, 0.3) is 0 Å². The number of aliphatic hydroxyl groups is 1. The van der Waals surface area contributed by atoms with Gasteiger partial charge in [-0.25, -0.2) is 4.57 Å². The van der Waals surface area contributed by atoms with Gasteiger partial charge >= 0.3 is 19.8 Å². The van der Waals surface area contributed by atoms with Gasteiger partial charge in [0.2, 0.25) is 0 Å². The molecule has 2 unspecified atom stereocenters. The Hall–Kier alpha value is -3.11. The molecule has 10 nitrogen and oxygen atoms in total. The minimum Gasteiger partial charge on any atom is -0.462 e. The number of carbonyl (C=O) groups is 2. The third kappa shape index (κ3) is 43.0. The van der Waals surface area contributed by atoms with Crippen molar-refractivity contribution in [3.63, 3.8) is 0 Å². The molecule has 0 radical (unpaired) electrons. The van der Waals surface area contributed by atoms with E-state index >= 15 is 0 Å². The number of phosphoric acid groups is 1. The van der Waals surface area contributed by atoms with Gasteiger partial charge in [0, 0.05) is 19.4 Å². The Balaban J connectivity index is 4.36. The van der Waals surface area contributed by atoms with Crippen molar-refractivity contribution in [3.05, 3.63) is 97.2 Å². The zero-order chi connectivity index (χ0) is 44.0. The Morgan fingerprint density at radius 2 is 1.12 bits per heavy atom. The molecule has 0 bridgehead atoms. The molecule has 0 fully saturated rings. The van der Waals surface area contributed by atoms with Gasteiger partial charge in [0.25, 0.3) is 0 Å². The highest BCUT2D eigenvalue weighted by molar-refractivity contribution is 7.47. The van der Waals surface area contributed by atoms with Crippen LogP contribution in [0.15, 0.2) is 97.2 Å². The summed E-state index contributed by atoms with van der Waals surface area (Å²) in [5.41, 5.74) is 5.34. The van der Waals surface area contributed by atoms with Gasteiger partial charge in [-0.3, -0.25) is 18.6 Å². The SMILES string of the molecule is CC/C=C\C/C=C\C/C=C\C/C=C\C/C=C\C=C/C(O)CCC(=O)OC[C@H](COP(=O)(O)OCCN)OC(=O)CCCCCCCCCCC/C=C\C/C=C\CCCCC. The van der Waals surface area contributed by atoms with Crippen LogP contribution < -0.4 is 5.73 Å². The molecule has 0 aromatic rings. The highest BCUT2D eigenvalue weighted by atomic mass is 31.2. The lowest BCUT2D eigenvalue weighted by atomic mass is 10.1. The van der Waals surface area contributed by atoms with E-state index in [0.29, 0.717) is 6.42 Å². The summed E-state index contributed by atoms with van der Waals surface area (Å²) >= 11 is 0. The summed E-state index contributed by atoms with van der Waals surface area (Å²) in [6.45, 7) is 3.30. The van der Waals surface area contributed by atoms with E-state index in [2.05, 4.69) is 86.8 Å². The quantitative estimate of drug-likeness (QED) is 0.0178. The molecule has 4 N–H and O–H groups in total. The molecule has 0 aliphatic rings. The normalized spacial score (nSPS) is 14.7. The minimum atomic E-state index is -4.44. The number of hydrogen-bond acceptors (Lipinski definition) is 9. The number of rotatable bonds is 41. The molecule has 11 heteroatoms. The smallest absolute Gasteiger partial charge is 0.462 e. The standard InChI is InChI=1S/C49H82NO9P/c1-3-5-7-9-11-13-15-17-19-21-22-23-25-27-29-31-33-35-37-39-49(53)59-47(45-58-60(54,55)57-43-42-50)44-56-48(52)41-40-46(51)38-36-34-32-30-28-26-24-20-18-16-14-12-10-8-6-4-2/h6,8,11-14,17-20,26,28,32,34,36,38,46-47,51H,3-5,7,9-10,15-16,21-25,27,29-31,33,35,37,39-45,50H2,1-2H3,(H,54,55)/b8-6-,13-11-,14-12-,19-17-,20-18-,28-26-,34-32-,38-36-/t46?,47-/m1/s1. The number of phosphoric ester groups is 1. The Labute approximate surface area is 364 Å². The summed E-state index contributed by atoms with van der Waals surface area (Å²) < 4.78 is 32.6. The van der Waals surface area contributed by atoms with E-state index in [4.69, 9.17) is 24.3 Å². The number of nitrogens with two attached hydrogens (primary N) is 1. The van der Waals surface area contributed by atoms with E-state index in [1.54, 1.807) is 12.2 Å². The van der Waals surface area contributed by atoms with Gasteiger partial charge in [0.1, 0.15) is 6.61 Å².